The second-order valence-corrected chi connectivity index (χ2v) is 9.71. The van der Waals surface area contributed by atoms with E-state index >= 15 is 0 Å². The molecule has 0 saturated heterocycles. The molecule has 0 amide bonds. The zero-order chi connectivity index (χ0) is 25.3. The fraction of sp³-hybridized carbons (Fsp3) is 0.600. The number of rotatable bonds is 11. The maximum absolute atomic E-state index is 6.37. The lowest BCUT2D eigenvalue weighted by atomic mass is 9.84. The summed E-state index contributed by atoms with van der Waals surface area (Å²) < 4.78 is 6.25. The van der Waals surface area contributed by atoms with Gasteiger partial charge in [0.05, 0.1) is 28.3 Å². The van der Waals surface area contributed by atoms with E-state index in [2.05, 4.69) is 41.4 Å². The van der Waals surface area contributed by atoms with Gasteiger partial charge in [0.25, 0.3) is 0 Å². The molecule has 34 heavy (non-hydrogen) atoms. The molecule has 4 N–H and O–H groups in total. The van der Waals surface area contributed by atoms with Gasteiger partial charge in [0, 0.05) is 31.9 Å². The molecule has 0 aliphatic rings. The van der Waals surface area contributed by atoms with Crippen molar-refractivity contribution in [2.45, 2.75) is 66.8 Å². The molecule has 8 nitrogen and oxygen atoms in total. The predicted octanol–water partition coefficient (Wildman–Crippen LogP) is 5.42. The molecular weight excluding hydrogens is 446 g/mol. The fourth-order valence-corrected chi connectivity index (χ4v) is 4.97. The van der Waals surface area contributed by atoms with Crippen LogP contribution in [-0.4, -0.2) is 52.3 Å². The van der Waals surface area contributed by atoms with Gasteiger partial charge in [-0.05, 0) is 46.1 Å². The van der Waals surface area contributed by atoms with Crippen molar-refractivity contribution in [1.82, 2.24) is 19.9 Å². The molecule has 0 aliphatic carbocycles. The number of aryl methyl sites for hydroxylation is 2. The molecule has 9 heteroatoms. The number of pyridine rings is 1. The molecule has 3 aromatic heterocycles. The van der Waals surface area contributed by atoms with E-state index in [1.165, 1.54) is 0 Å². The molecule has 3 rings (SSSR count). The van der Waals surface area contributed by atoms with Gasteiger partial charge in [0.2, 0.25) is 5.95 Å². The van der Waals surface area contributed by atoms with Crippen LogP contribution in [0.15, 0.2) is 12.3 Å². The quantitative estimate of drug-likeness (QED) is 0.308. The summed E-state index contributed by atoms with van der Waals surface area (Å²) in [5.41, 5.74) is 9.81. The summed E-state index contributed by atoms with van der Waals surface area (Å²) >= 11 is 1.64. The van der Waals surface area contributed by atoms with Crippen molar-refractivity contribution in [3.8, 4) is 10.6 Å². The van der Waals surface area contributed by atoms with Crippen molar-refractivity contribution < 1.29 is 4.74 Å². The van der Waals surface area contributed by atoms with Crippen molar-refractivity contribution in [2.75, 3.05) is 37.4 Å². The Kier molecular flexibility index (Phi) is 10.6. The molecule has 0 fully saturated rings. The number of anilines is 2. The number of methoxy groups -OCH3 is 1. The SMILES string of the molecule is CC.CCC(CCNc1nc(NCCOC)nc(C)c1-c1nc2c(C)nccc2s1)C(C)(C)N. The zero-order valence-electron chi connectivity index (χ0n) is 22.0. The van der Waals surface area contributed by atoms with Gasteiger partial charge in [0.1, 0.15) is 16.3 Å². The Bertz CT molecular complexity index is 1050. The lowest BCUT2D eigenvalue weighted by molar-refractivity contribution is 0.210. The number of nitrogens with two attached hydrogens (primary N) is 1. The highest BCUT2D eigenvalue weighted by atomic mass is 32.1. The Morgan fingerprint density at radius 2 is 1.82 bits per heavy atom. The van der Waals surface area contributed by atoms with Crippen LogP contribution in [0.2, 0.25) is 0 Å². The fourth-order valence-electron chi connectivity index (χ4n) is 3.86. The molecule has 0 aliphatic heterocycles. The molecule has 0 aromatic carbocycles. The minimum Gasteiger partial charge on any atom is -0.383 e. The molecule has 188 valence electrons. The monoisotopic (exact) mass is 487 g/mol. The largest absolute Gasteiger partial charge is 0.383 e. The summed E-state index contributed by atoms with van der Waals surface area (Å²) in [5.74, 6) is 1.78. The third-order valence-corrected chi connectivity index (χ3v) is 6.75. The number of hydrogen-bond acceptors (Lipinski definition) is 9. The molecule has 3 heterocycles. The first-order valence-corrected chi connectivity index (χ1v) is 12.9. The van der Waals surface area contributed by atoms with E-state index in [4.69, 9.17) is 20.4 Å². The number of aromatic nitrogens is 4. The lowest BCUT2D eigenvalue weighted by Gasteiger charge is -2.30. The second kappa shape index (κ2) is 12.9. The number of nitrogens with one attached hydrogen (secondary N) is 2. The number of fused-ring (bicyclic) bond motifs is 1. The highest BCUT2D eigenvalue weighted by Gasteiger charge is 2.24. The number of nitrogens with zero attached hydrogens (tertiary/aromatic N) is 4. The van der Waals surface area contributed by atoms with Crippen molar-refractivity contribution in [2.24, 2.45) is 11.7 Å². The van der Waals surface area contributed by atoms with Crippen molar-refractivity contribution in [3.63, 3.8) is 0 Å². The summed E-state index contributed by atoms with van der Waals surface area (Å²) in [6.07, 6.45) is 3.82. The standard InChI is InChI=1S/C23H35N7OS.C2H6/c1-7-16(23(4,5)24)8-10-26-20-18(14(2)28-22(30-20)27-12-13-31-6)21-29-19-15(3)25-11-9-17(19)32-21;1-2/h9,11,16H,7-8,10,12-13,24H2,1-6H3,(H2,26,27,28,30);1-2H3. The molecule has 0 spiro atoms. The second-order valence-electron chi connectivity index (χ2n) is 8.68. The molecule has 0 radical (unpaired) electrons. The topological polar surface area (TPSA) is 111 Å². The first-order chi connectivity index (χ1) is 16.2. The van der Waals surface area contributed by atoms with Gasteiger partial charge in [0.15, 0.2) is 0 Å². The molecule has 1 unspecified atom stereocenters. The minimum absolute atomic E-state index is 0.217. The molecule has 0 saturated carbocycles. The van der Waals surface area contributed by atoms with E-state index in [9.17, 15) is 0 Å². The smallest absolute Gasteiger partial charge is 0.224 e. The lowest BCUT2D eigenvalue weighted by Crippen LogP contribution is -2.41. The maximum Gasteiger partial charge on any atom is 0.224 e. The van der Waals surface area contributed by atoms with E-state index < -0.39 is 0 Å². The van der Waals surface area contributed by atoms with Gasteiger partial charge in [-0.2, -0.15) is 4.98 Å². The van der Waals surface area contributed by atoms with Gasteiger partial charge >= 0.3 is 0 Å². The first kappa shape index (κ1) is 27.9. The molecular formula is C25H41N7OS. The summed E-state index contributed by atoms with van der Waals surface area (Å²) in [5, 5.41) is 7.69. The van der Waals surface area contributed by atoms with Crippen molar-refractivity contribution in [3.05, 3.63) is 23.7 Å². The summed E-state index contributed by atoms with van der Waals surface area (Å²) in [6, 6.07) is 2.00. The summed E-state index contributed by atoms with van der Waals surface area (Å²) in [4.78, 5) is 18.7. The summed E-state index contributed by atoms with van der Waals surface area (Å²) in [6.45, 7) is 16.4. The van der Waals surface area contributed by atoms with Gasteiger partial charge in [-0.25, -0.2) is 9.97 Å². The minimum atomic E-state index is -0.217. The normalized spacial score (nSPS) is 12.3. The zero-order valence-corrected chi connectivity index (χ0v) is 22.8. The maximum atomic E-state index is 6.37. The van der Waals surface area contributed by atoms with Crippen LogP contribution >= 0.6 is 11.3 Å². The van der Waals surface area contributed by atoms with Crippen LogP contribution in [0.5, 0.6) is 0 Å². The molecule has 0 bridgehead atoms. The molecule has 3 aromatic rings. The van der Waals surface area contributed by atoms with Crippen LogP contribution in [0.3, 0.4) is 0 Å². The average molecular weight is 488 g/mol. The third kappa shape index (κ3) is 7.07. The Morgan fingerprint density at radius 1 is 1.09 bits per heavy atom. The van der Waals surface area contributed by atoms with Gasteiger partial charge in [-0.3, -0.25) is 4.98 Å². The van der Waals surface area contributed by atoms with Crippen LogP contribution in [0.4, 0.5) is 11.8 Å². The van der Waals surface area contributed by atoms with Gasteiger partial charge in [-0.15, -0.1) is 11.3 Å². The van der Waals surface area contributed by atoms with E-state index in [0.717, 1.165) is 57.4 Å². The first-order valence-electron chi connectivity index (χ1n) is 12.1. The third-order valence-electron chi connectivity index (χ3n) is 5.71. The summed E-state index contributed by atoms with van der Waals surface area (Å²) in [7, 11) is 1.68. The Balaban J connectivity index is 0.00000199. The number of ether oxygens (including phenoxy) is 1. The Labute approximate surface area is 208 Å². The van der Waals surface area contributed by atoms with Crippen molar-refractivity contribution >= 4 is 33.3 Å². The van der Waals surface area contributed by atoms with Gasteiger partial charge < -0.3 is 21.1 Å². The Morgan fingerprint density at radius 3 is 2.44 bits per heavy atom. The van der Waals surface area contributed by atoms with E-state index in [0.29, 0.717) is 25.0 Å². The van der Waals surface area contributed by atoms with Crippen LogP contribution < -0.4 is 16.4 Å². The van der Waals surface area contributed by atoms with E-state index in [1.807, 2.05) is 40.0 Å². The van der Waals surface area contributed by atoms with Crippen LogP contribution in [0, 0.1) is 19.8 Å². The van der Waals surface area contributed by atoms with Crippen LogP contribution in [-0.2, 0) is 4.74 Å². The average Bonchev–Trinajstić information content (AvgIpc) is 3.22. The van der Waals surface area contributed by atoms with Gasteiger partial charge in [-0.1, -0.05) is 27.2 Å². The van der Waals surface area contributed by atoms with Crippen molar-refractivity contribution in [1.29, 1.82) is 0 Å². The molecule has 1 atom stereocenters. The highest BCUT2D eigenvalue weighted by molar-refractivity contribution is 7.21. The van der Waals surface area contributed by atoms with E-state index in [1.54, 1.807) is 18.4 Å². The number of hydrogen-bond donors (Lipinski definition) is 3. The van der Waals surface area contributed by atoms with Crippen LogP contribution in [0.1, 0.15) is 58.8 Å². The Hall–Kier alpha value is -2.36. The van der Waals surface area contributed by atoms with E-state index in [-0.39, 0.29) is 5.54 Å². The van der Waals surface area contributed by atoms with Crippen LogP contribution in [0.25, 0.3) is 20.8 Å². The highest BCUT2D eigenvalue weighted by Crippen LogP contribution is 2.36. The number of thiazole rings is 1. The predicted molar refractivity (Wildman–Crippen MR) is 145 cm³/mol.